The lowest BCUT2D eigenvalue weighted by Crippen LogP contribution is -2.34. The van der Waals surface area contributed by atoms with Crippen LogP contribution in [0.25, 0.3) is 0 Å². The van der Waals surface area contributed by atoms with Gasteiger partial charge in [0.25, 0.3) is 0 Å². The van der Waals surface area contributed by atoms with Crippen molar-refractivity contribution >= 4 is 25.7 Å². The van der Waals surface area contributed by atoms with Crippen molar-refractivity contribution in [2.75, 3.05) is 19.8 Å². The molecule has 0 amide bonds. The van der Waals surface area contributed by atoms with Crippen LogP contribution in [-0.4, -0.2) is 71.1 Å². The van der Waals surface area contributed by atoms with Crippen LogP contribution in [0.5, 0.6) is 0 Å². The van der Waals surface area contributed by atoms with E-state index < -0.39 is 63.8 Å². The van der Waals surface area contributed by atoms with Gasteiger partial charge in [-0.05, 0) is 77.0 Å². The average Bonchev–Trinajstić information content (AvgIpc) is 3.20. The minimum absolute atomic E-state index is 0.0184. The number of allylic oxidation sites excluding steroid dienone is 13. The largest absolute Gasteiger partial charge is 0.480 e. The molecule has 0 saturated heterocycles. The van der Waals surface area contributed by atoms with Gasteiger partial charge in [0.1, 0.15) is 12.6 Å². The molecular formula is C46H76NO11P. The highest BCUT2D eigenvalue weighted by molar-refractivity contribution is 7.47. The summed E-state index contributed by atoms with van der Waals surface area (Å²) < 4.78 is 32.5. The Morgan fingerprint density at radius 1 is 0.610 bits per heavy atom. The van der Waals surface area contributed by atoms with Crippen LogP contribution in [0.3, 0.4) is 0 Å². The Morgan fingerprint density at radius 2 is 1.10 bits per heavy atom. The second kappa shape index (κ2) is 40.0. The molecule has 4 atom stereocenters. The van der Waals surface area contributed by atoms with Crippen molar-refractivity contribution in [3.8, 4) is 0 Å². The van der Waals surface area contributed by atoms with Gasteiger partial charge in [-0.2, -0.15) is 0 Å². The third-order valence-corrected chi connectivity index (χ3v) is 9.67. The van der Waals surface area contributed by atoms with Crippen LogP contribution in [0.1, 0.15) is 149 Å². The molecule has 2 unspecified atom stereocenters. The van der Waals surface area contributed by atoms with Gasteiger partial charge in [-0.15, -0.1) is 0 Å². The Morgan fingerprint density at radius 3 is 1.71 bits per heavy atom. The Balaban J connectivity index is 4.66. The van der Waals surface area contributed by atoms with Crippen LogP contribution in [0.4, 0.5) is 0 Å². The van der Waals surface area contributed by atoms with Crippen LogP contribution in [-0.2, 0) is 37.5 Å². The van der Waals surface area contributed by atoms with Gasteiger partial charge >= 0.3 is 25.7 Å². The minimum Gasteiger partial charge on any atom is -0.480 e. The van der Waals surface area contributed by atoms with Gasteiger partial charge in [0.05, 0.1) is 19.3 Å². The highest BCUT2D eigenvalue weighted by Crippen LogP contribution is 2.43. The van der Waals surface area contributed by atoms with E-state index >= 15 is 0 Å². The minimum atomic E-state index is -4.78. The Kier molecular flexibility index (Phi) is 37.8. The third kappa shape index (κ3) is 39.8. The number of hydrogen-bond acceptors (Lipinski definition) is 10. The van der Waals surface area contributed by atoms with E-state index in [2.05, 4.69) is 67.0 Å². The molecule has 0 aromatic heterocycles. The number of nitrogens with two attached hydrogens (primary N) is 1. The van der Waals surface area contributed by atoms with Gasteiger partial charge in [-0.25, -0.2) is 4.57 Å². The van der Waals surface area contributed by atoms with Crippen molar-refractivity contribution in [1.29, 1.82) is 0 Å². The quantitative estimate of drug-likeness (QED) is 0.0151. The van der Waals surface area contributed by atoms with Gasteiger partial charge in [0, 0.05) is 12.8 Å². The van der Waals surface area contributed by atoms with Crippen LogP contribution >= 0.6 is 7.82 Å². The molecule has 0 rings (SSSR count). The molecule has 0 aliphatic rings. The first-order valence-corrected chi connectivity index (χ1v) is 23.2. The van der Waals surface area contributed by atoms with Gasteiger partial charge in [0.15, 0.2) is 6.10 Å². The zero-order valence-corrected chi connectivity index (χ0v) is 36.8. The van der Waals surface area contributed by atoms with E-state index in [0.29, 0.717) is 25.7 Å². The van der Waals surface area contributed by atoms with E-state index in [1.54, 1.807) is 12.2 Å². The lowest BCUT2D eigenvalue weighted by molar-refractivity contribution is -0.161. The molecule has 59 heavy (non-hydrogen) atoms. The Bertz CT molecular complexity index is 1340. The number of unbranched alkanes of at least 4 members (excludes halogenated alkanes) is 10. The first-order valence-electron chi connectivity index (χ1n) is 21.7. The number of esters is 2. The summed E-state index contributed by atoms with van der Waals surface area (Å²) in [4.78, 5) is 45.9. The molecule has 0 spiro atoms. The van der Waals surface area contributed by atoms with Crippen LogP contribution in [0.2, 0.25) is 0 Å². The molecule has 0 saturated carbocycles. The number of carbonyl (C=O) groups excluding carboxylic acids is 2. The predicted molar refractivity (Wildman–Crippen MR) is 236 cm³/mol. The van der Waals surface area contributed by atoms with Crippen molar-refractivity contribution in [3.05, 3.63) is 85.1 Å². The molecule has 0 radical (unpaired) electrons. The predicted octanol–water partition coefficient (Wildman–Crippen LogP) is 10.5. The summed E-state index contributed by atoms with van der Waals surface area (Å²) in [5, 5.41) is 19.1. The number of ether oxygens (including phenoxy) is 2. The second-order valence-electron chi connectivity index (χ2n) is 14.3. The number of carboxylic acids is 1. The molecule has 5 N–H and O–H groups in total. The molecule has 0 aliphatic carbocycles. The average molecular weight is 850 g/mol. The van der Waals surface area contributed by atoms with E-state index in [4.69, 9.17) is 24.8 Å². The molecule has 0 aromatic rings. The maximum absolute atomic E-state index is 12.6. The van der Waals surface area contributed by atoms with E-state index in [0.717, 1.165) is 38.5 Å². The van der Waals surface area contributed by atoms with Crippen molar-refractivity contribution in [1.82, 2.24) is 0 Å². The SMILES string of the molecule is CCCCC/C=C\C/C=C\C/C=C\C/C=C\CCCC(=O)O[C@H](COC(=O)CCCC(O)/C=C/C=C/C/C=C/CCCCCCCC)COP(=O)(O)OC[C@H](N)C(=O)O. The normalized spacial score (nSPS) is 15.1. The molecule has 12 nitrogen and oxygen atoms in total. The summed E-state index contributed by atoms with van der Waals surface area (Å²) in [7, 11) is -4.78. The van der Waals surface area contributed by atoms with Crippen LogP contribution < -0.4 is 5.73 Å². The van der Waals surface area contributed by atoms with Gasteiger partial charge in [-0.1, -0.05) is 144 Å². The topological polar surface area (TPSA) is 192 Å². The summed E-state index contributed by atoms with van der Waals surface area (Å²) in [5.41, 5.74) is 5.32. The van der Waals surface area contributed by atoms with Gasteiger partial charge in [-0.3, -0.25) is 23.4 Å². The molecule has 0 aliphatic heterocycles. The van der Waals surface area contributed by atoms with Gasteiger partial charge in [0.2, 0.25) is 0 Å². The fourth-order valence-corrected chi connectivity index (χ4v) is 6.02. The summed E-state index contributed by atoms with van der Waals surface area (Å²) in [6.45, 7) is 2.50. The highest BCUT2D eigenvalue weighted by atomic mass is 31.2. The van der Waals surface area contributed by atoms with Crippen molar-refractivity contribution in [3.63, 3.8) is 0 Å². The molecule has 0 aromatic carbocycles. The number of aliphatic carboxylic acids is 1. The van der Waals surface area contributed by atoms with Crippen LogP contribution in [0, 0.1) is 0 Å². The zero-order chi connectivity index (χ0) is 43.7. The fraction of sp³-hybridized carbons (Fsp3) is 0.630. The number of carboxylic acid groups (broad SMARTS) is 1. The molecule has 0 heterocycles. The molecule has 0 fully saturated rings. The monoisotopic (exact) mass is 850 g/mol. The third-order valence-electron chi connectivity index (χ3n) is 8.72. The number of phosphoric acid groups is 1. The van der Waals surface area contributed by atoms with E-state index in [1.807, 2.05) is 24.3 Å². The van der Waals surface area contributed by atoms with E-state index in [9.17, 15) is 28.9 Å². The van der Waals surface area contributed by atoms with Crippen molar-refractivity contribution in [2.45, 2.75) is 167 Å². The van der Waals surface area contributed by atoms with E-state index in [1.165, 1.54) is 57.8 Å². The van der Waals surface area contributed by atoms with E-state index in [-0.39, 0.29) is 12.8 Å². The second-order valence-corrected chi connectivity index (χ2v) is 15.8. The summed E-state index contributed by atoms with van der Waals surface area (Å²) in [6, 6.07) is -1.56. The first-order chi connectivity index (χ1) is 28.5. The lowest BCUT2D eigenvalue weighted by Gasteiger charge is -2.20. The molecular weight excluding hydrogens is 773 g/mol. The number of aliphatic hydroxyl groups excluding tert-OH is 1. The maximum atomic E-state index is 12.6. The van der Waals surface area contributed by atoms with Crippen molar-refractivity contribution in [2.24, 2.45) is 5.73 Å². The number of carbonyl (C=O) groups is 3. The van der Waals surface area contributed by atoms with Crippen molar-refractivity contribution < 1.29 is 52.6 Å². The molecule has 0 bridgehead atoms. The summed E-state index contributed by atoms with van der Waals surface area (Å²) >= 11 is 0. The highest BCUT2D eigenvalue weighted by Gasteiger charge is 2.28. The standard InChI is InChI=1S/C46H76NO11P/c1-3-5-7-9-11-13-15-17-18-19-20-22-24-26-28-30-32-36-45(50)58-42(39-56-59(53,54)57-40-43(47)46(51)52)38-55-44(49)37-33-35-41(48)34-31-29-27-25-23-21-16-14-12-10-8-6-4-2/h11,13,17-18,20-23,26-29,31,34,41-43,48H,3-10,12,14-16,19,24-25,30,32-33,35-40,47H2,1-2H3,(H,51,52)(H,53,54)/b13-11-,18-17-,22-20-,23-21+,28-26-,29-27+,34-31+/t41?,42-,43+/m1/s1. The first kappa shape index (κ1) is 55.6. The smallest absolute Gasteiger partial charge is 0.472 e. The fourth-order valence-electron chi connectivity index (χ4n) is 5.24. The number of rotatable bonds is 39. The Labute approximate surface area is 355 Å². The number of aliphatic hydroxyl groups is 1. The summed E-state index contributed by atoms with van der Waals surface area (Å²) in [6.07, 6.45) is 45.5. The maximum Gasteiger partial charge on any atom is 0.472 e. The lowest BCUT2D eigenvalue weighted by atomic mass is 10.1. The van der Waals surface area contributed by atoms with Gasteiger partial charge < -0.3 is 30.3 Å². The van der Waals surface area contributed by atoms with Crippen LogP contribution in [0.15, 0.2) is 85.1 Å². The Hall–Kier alpha value is -3.38. The molecule has 336 valence electrons. The zero-order valence-electron chi connectivity index (χ0n) is 35.9. The number of phosphoric ester groups is 1. The number of hydrogen-bond donors (Lipinski definition) is 4. The summed E-state index contributed by atoms with van der Waals surface area (Å²) in [5.74, 6) is -2.68. The molecule has 13 heteroatoms.